The molecule has 10 nitrogen and oxygen atoms in total. The summed E-state index contributed by atoms with van der Waals surface area (Å²) < 4.78 is 32.8. The van der Waals surface area contributed by atoms with E-state index in [-0.39, 0.29) is 30.0 Å². The quantitative estimate of drug-likeness (QED) is 0.578. The summed E-state index contributed by atoms with van der Waals surface area (Å²) >= 11 is 1.38. The van der Waals surface area contributed by atoms with Crippen LogP contribution in [-0.2, 0) is 25.4 Å². The van der Waals surface area contributed by atoms with Gasteiger partial charge in [-0.25, -0.2) is 13.2 Å². The zero-order valence-electron chi connectivity index (χ0n) is 20.4. The average molecular weight is 535 g/mol. The molecule has 2 amide bonds. The van der Waals surface area contributed by atoms with E-state index in [9.17, 15) is 22.8 Å². The molecule has 12 heteroatoms. The number of carbonyl (C=O) groups excluding carboxylic acids is 3. The van der Waals surface area contributed by atoms with E-state index in [1.807, 2.05) is 20.8 Å². The number of hydrogen-bond donors (Lipinski definition) is 1. The highest BCUT2D eigenvalue weighted by Crippen LogP contribution is 2.34. The molecule has 2 aromatic rings. The molecule has 3 unspecified atom stereocenters. The maximum atomic E-state index is 13.6. The van der Waals surface area contributed by atoms with Gasteiger partial charge in [-0.3, -0.25) is 14.6 Å². The molecular formula is C24H30N4O6S2. The van der Waals surface area contributed by atoms with Crippen LogP contribution >= 0.6 is 11.3 Å². The minimum absolute atomic E-state index is 0.223. The van der Waals surface area contributed by atoms with Crippen molar-refractivity contribution in [1.29, 1.82) is 0 Å². The lowest BCUT2D eigenvalue weighted by Crippen LogP contribution is -2.54. The highest BCUT2D eigenvalue weighted by atomic mass is 32.2. The summed E-state index contributed by atoms with van der Waals surface area (Å²) in [6.45, 7) is 5.78. The molecule has 2 fully saturated rings. The van der Waals surface area contributed by atoms with Crippen molar-refractivity contribution in [3.8, 4) is 5.75 Å². The maximum Gasteiger partial charge on any atom is 0.413 e. The predicted molar refractivity (Wildman–Crippen MR) is 134 cm³/mol. The number of nitrogens with zero attached hydrogens (tertiary/aromatic N) is 3. The van der Waals surface area contributed by atoms with Crippen LogP contribution in [-0.4, -0.2) is 71.6 Å². The molecule has 2 aromatic heterocycles. The fraction of sp³-hybridized carbons (Fsp3) is 0.500. The number of carbonyl (C=O) groups is 3. The van der Waals surface area contributed by atoms with Gasteiger partial charge in [0.25, 0.3) is 0 Å². The number of rotatable bonds is 7. The van der Waals surface area contributed by atoms with Crippen molar-refractivity contribution in [2.75, 3.05) is 13.1 Å². The standard InChI is InChI=1S/C24H30N4O6S2/c1-24(2,3)11-18(26-23(31)34-17-7-10-35-14-17)22(30)27-9-6-19-21(27)20(29)13-28(19)36(32,33)15-16-5-4-8-25-12-16/h4-5,7-8,10,12,14,18-19,21H,6,9,11,13,15H2,1-3H3,(H,26,31). The molecule has 0 aliphatic carbocycles. The fourth-order valence-electron chi connectivity index (χ4n) is 4.76. The molecule has 0 spiro atoms. The second-order valence-corrected chi connectivity index (χ2v) is 13.0. The zero-order chi connectivity index (χ0) is 26.1. The van der Waals surface area contributed by atoms with Crippen molar-refractivity contribution in [3.63, 3.8) is 0 Å². The van der Waals surface area contributed by atoms with Crippen LogP contribution < -0.4 is 10.1 Å². The smallest absolute Gasteiger partial charge is 0.409 e. The third-order valence-corrected chi connectivity index (χ3v) is 8.68. The van der Waals surface area contributed by atoms with Gasteiger partial charge < -0.3 is 15.0 Å². The van der Waals surface area contributed by atoms with Crippen LogP contribution in [0.5, 0.6) is 5.75 Å². The fourth-order valence-corrected chi connectivity index (χ4v) is 7.03. The summed E-state index contributed by atoms with van der Waals surface area (Å²) in [5, 5.41) is 6.10. The first-order valence-electron chi connectivity index (χ1n) is 11.7. The Hall–Kier alpha value is -2.83. The van der Waals surface area contributed by atoms with E-state index in [4.69, 9.17) is 4.74 Å². The molecule has 0 aromatic carbocycles. The van der Waals surface area contributed by atoms with Gasteiger partial charge in [0.2, 0.25) is 15.9 Å². The van der Waals surface area contributed by atoms with Crippen LogP contribution in [0.1, 0.15) is 39.2 Å². The van der Waals surface area contributed by atoms with E-state index in [1.54, 1.807) is 35.2 Å². The van der Waals surface area contributed by atoms with Crippen molar-refractivity contribution in [2.24, 2.45) is 5.41 Å². The van der Waals surface area contributed by atoms with Gasteiger partial charge in [0.1, 0.15) is 17.8 Å². The molecule has 0 bridgehead atoms. The number of amides is 2. The number of ether oxygens (including phenoxy) is 1. The van der Waals surface area contributed by atoms with E-state index in [0.717, 1.165) is 0 Å². The van der Waals surface area contributed by atoms with Crippen LogP contribution in [0, 0.1) is 5.41 Å². The molecule has 4 rings (SSSR count). The Morgan fingerprint density at radius 2 is 2.08 bits per heavy atom. The monoisotopic (exact) mass is 534 g/mol. The highest BCUT2D eigenvalue weighted by molar-refractivity contribution is 7.88. The number of thiophene rings is 1. The van der Waals surface area contributed by atoms with E-state index >= 15 is 0 Å². The van der Waals surface area contributed by atoms with Crippen LogP contribution in [0.3, 0.4) is 0 Å². The number of sulfonamides is 1. The van der Waals surface area contributed by atoms with Gasteiger partial charge in [0.05, 0.1) is 18.3 Å². The Balaban J connectivity index is 1.50. The van der Waals surface area contributed by atoms with E-state index in [2.05, 4.69) is 10.3 Å². The summed E-state index contributed by atoms with van der Waals surface area (Å²) in [5.41, 5.74) is 0.214. The van der Waals surface area contributed by atoms with Gasteiger partial charge in [-0.15, -0.1) is 11.3 Å². The first kappa shape index (κ1) is 26.2. The Morgan fingerprint density at radius 1 is 1.31 bits per heavy atom. The van der Waals surface area contributed by atoms with Gasteiger partial charge in [0.15, 0.2) is 5.78 Å². The van der Waals surface area contributed by atoms with Crippen LogP contribution in [0.15, 0.2) is 41.4 Å². The lowest BCUT2D eigenvalue weighted by atomic mass is 9.87. The molecule has 2 aliphatic rings. The number of nitrogens with one attached hydrogen (secondary N) is 1. The molecule has 2 aliphatic heterocycles. The van der Waals surface area contributed by atoms with Crippen molar-refractivity contribution in [3.05, 3.63) is 46.9 Å². The van der Waals surface area contributed by atoms with E-state index in [0.29, 0.717) is 24.2 Å². The second-order valence-electron chi connectivity index (χ2n) is 10.3. The second kappa shape index (κ2) is 10.3. The molecule has 4 heterocycles. The number of pyridine rings is 1. The SMILES string of the molecule is CC(C)(C)CC(NC(=O)Oc1ccsc1)C(=O)N1CCC2C1C(=O)CN2S(=O)(=O)Cc1cccnc1. The minimum atomic E-state index is -3.80. The third kappa shape index (κ3) is 5.93. The lowest BCUT2D eigenvalue weighted by Gasteiger charge is -2.31. The molecule has 194 valence electrons. The van der Waals surface area contributed by atoms with Gasteiger partial charge >= 0.3 is 6.09 Å². The number of ketones is 1. The molecule has 36 heavy (non-hydrogen) atoms. The minimum Gasteiger partial charge on any atom is -0.409 e. The third-order valence-electron chi connectivity index (χ3n) is 6.20. The summed E-state index contributed by atoms with van der Waals surface area (Å²) in [5.74, 6) is -0.634. The summed E-state index contributed by atoms with van der Waals surface area (Å²) in [7, 11) is -3.80. The Bertz CT molecular complexity index is 1210. The zero-order valence-corrected chi connectivity index (χ0v) is 22.0. The van der Waals surface area contributed by atoms with Crippen molar-refractivity contribution in [1.82, 2.24) is 19.5 Å². The van der Waals surface area contributed by atoms with Crippen molar-refractivity contribution < 1.29 is 27.5 Å². The molecule has 0 saturated carbocycles. The predicted octanol–water partition coefficient (Wildman–Crippen LogP) is 2.42. The Morgan fingerprint density at radius 3 is 2.72 bits per heavy atom. The van der Waals surface area contributed by atoms with Gasteiger partial charge in [0, 0.05) is 24.3 Å². The molecule has 2 saturated heterocycles. The first-order valence-corrected chi connectivity index (χ1v) is 14.2. The summed E-state index contributed by atoms with van der Waals surface area (Å²) in [6, 6.07) is 2.54. The summed E-state index contributed by atoms with van der Waals surface area (Å²) in [4.78, 5) is 44.5. The lowest BCUT2D eigenvalue weighted by molar-refractivity contribution is -0.138. The molecular weight excluding hydrogens is 504 g/mol. The first-order chi connectivity index (χ1) is 16.9. The molecule has 0 radical (unpaired) electrons. The Kier molecular flexibility index (Phi) is 7.48. The molecule has 3 atom stereocenters. The van der Waals surface area contributed by atoms with Gasteiger partial charge in [-0.1, -0.05) is 26.8 Å². The maximum absolute atomic E-state index is 13.6. The highest BCUT2D eigenvalue weighted by Gasteiger charge is 2.54. The topological polar surface area (TPSA) is 126 Å². The van der Waals surface area contributed by atoms with Crippen LogP contribution in [0.2, 0.25) is 0 Å². The van der Waals surface area contributed by atoms with Crippen LogP contribution in [0.25, 0.3) is 0 Å². The largest absolute Gasteiger partial charge is 0.413 e. The van der Waals surface area contributed by atoms with Crippen molar-refractivity contribution in [2.45, 2.75) is 57.5 Å². The normalized spacial score (nSPS) is 21.3. The van der Waals surface area contributed by atoms with Gasteiger partial charge in [-0.05, 0) is 41.3 Å². The number of Topliss-reactive ketones (excluding diaryl/α,β-unsaturated/α-hetero) is 1. The van der Waals surface area contributed by atoms with Gasteiger partial charge in [-0.2, -0.15) is 4.31 Å². The van der Waals surface area contributed by atoms with E-state index < -0.39 is 40.1 Å². The average Bonchev–Trinajstić information content (AvgIpc) is 3.51. The van der Waals surface area contributed by atoms with Crippen LogP contribution in [0.4, 0.5) is 4.79 Å². The van der Waals surface area contributed by atoms with E-state index in [1.165, 1.54) is 26.7 Å². The number of likely N-dealkylation sites (tertiary alicyclic amines) is 1. The number of aromatic nitrogens is 1. The Labute approximate surface area is 214 Å². The molecule has 1 N–H and O–H groups in total. The summed E-state index contributed by atoms with van der Waals surface area (Å²) in [6.07, 6.45) is 2.94. The number of fused-ring (bicyclic) bond motifs is 1. The number of hydrogen-bond acceptors (Lipinski definition) is 8. The van der Waals surface area contributed by atoms with Crippen molar-refractivity contribution >= 4 is 39.1 Å².